The molecule has 0 fully saturated rings. The molecule has 0 saturated heterocycles. The van der Waals surface area contributed by atoms with E-state index in [-0.39, 0.29) is 19.0 Å². The van der Waals surface area contributed by atoms with Gasteiger partial charge in [0.25, 0.3) is 0 Å². The van der Waals surface area contributed by atoms with Gasteiger partial charge in [0.1, 0.15) is 0 Å². The van der Waals surface area contributed by atoms with Crippen molar-refractivity contribution in [2.24, 2.45) is 5.92 Å². The van der Waals surface area contributed by atoms with Crippen molar-refractivity contribution in [3.63, 3.8) is 0 Å². The molecule has 0 aliphatic rings. The first-order valence-corrected chi connectivity index (χ1v) is 5.75. The quantitative estimate of drug-likeness (QED) is 0.591. The van der Waals surface area contributed by atoms with Gasteiger partial charge in [-0.15, -0.1) is 0 Å². The van der Waals surface area contributed by atoms with Crippen molar-refractivity contribution in [2.75, 3.05) is 20.2 Å². The first-order chi connectivity index (χ1) is 7.99. The van der Waals surface area contributed by atoms with Gasteiger partial charge in [-0.05, 0) is 5.92 Å². The van der Waals surface area contributed by atoms with E-state index in [2.05, 4.69) is 17.6 Å². The Kier molecular flexibility index (Phi) is 8.13. The largest absolute Gasteiger partial charge is 0.481 e. The van der Waals surface area contributed by atoms with Crippen molar-refractivity contribution in [2.45, 2.75) is 32.8 Å². The average molecular weight is 246 g/mol. The summed E-state index contributed by atoms with van der Waals surface area (Å²) in [5.41, 5.74) is 0. The van der Waals surface area contributed by atoms with Crippen molar-refractivity contribution in [3.8, 4) is 0 Å². The maximum Gasteiger partial charge on any atom is 0.314 e. The molecular formula is C11H22N2O4. The lowest BCUT2D eigenvalue weighted by Gasteiger charge is -2.15. The van der Waals surface area contributed by atoms with Crippen LogP contribution in [-0.4, -0.2) is 43.4 Å². The smallest absolute Gasteiger partial charge is 0.314 e. The Hall–Kier alpha value is -1.30. The number of hydrogen-bond donors (Lipinski definition) is 3. The maximum absolute atomic E-state index is 11.3. The summed E-state index contributed by atoms with van der Waals surface area (Å²) in [5.74, 6) is -0.517. The molecule has 0 aliphatic heterocycles. The number of carbonyl (C=O) groups excluding carboxylic acids is 1. The minimum Gasteiger partial charge on any atom is -0.481 e. The van der Waals surface area contributed by atoms with E-state index < -0.39 is 12.1 Å². The SMILES string of the molecule is CCC(C)CNC(=O)NCC(CC(=O)O)OC. The van der Waals surface area contributed by atoms with Gasteiger partial charge in [0.15, 0.2) is 0 Å². The molecule has 0 aromatic rings. The predicted octanol–water partition coefficient (Wildman–Crippen LogP) is 0.821. The number of carboxylic acid groups (broad SMARTS) is 1. The van der Waals surface area contributed by atoms with Crippen LogP contribution in [0.4, 0.5) is 4.79 Å². The van der Waals surface area contributed by atoms with Gasteiger partial charge < -0.3 is 20.5 Å². The highest BCUT2D eigenvalue weighted by Crippen LogP contribution is 1.97. The third kappa shape index (κ3) is 8.50. The summed E-state index contributed by atoms with van der Waals surface area (Å²) >= 11 is 0. The highest BCUT2D eigenvalue weighted by Gasteiger charge is 2.13. The molecule has 3 N–H and O–H groups in total. The summed E-state index contributed by atoms with van der Waals surface area (Å²) < 4.78 is 4.93. The van der Waals surface area contributed by atoms with Crippen LogP contribution < -0.4 is 10.6 Å². The maximum atomic E-state index is 11.3. The van der Waals surface area contributed by atoms with Crippen LogP contribution in [0.1, 0.15) is 26.7 Å². The topological polar surface area (TPSA) is 87.7 Å². The Morgan fingerprint density at radius 1 is 1.29 bits per heavy atom. The molecule has 0 aromatic carbocycles. The molecule has 6 heteroatoms. The summed E-state index contributed by atoms with van der Waals surface area (Å²) in [6, 6.07) is -0.294. The van der Waals surface area contributed by atoms with Crippen molar-refractivity contribution in [3.05, 3.63) is 0 Å². The van der Waals surface area contributed by atoms with Crippen molar-refractivity contribution in [1.29, 1.82) is 0 Å². The molecule has 0 aliphatic carbocycles. The number of amides is 2. The van der Waals surface area contributed by atoms with Crippen LogP contribution >= 0.6 is 0 Å². The fourth-order valence-electron chi connectivity index (χ4n) is 1.11. The third-order valence-electron chi connectivity index (χ3n) is 2.53. The summed E-state index contributed by atoms with van der Waals surface area (Å²) in [5, 5.41) is 13.9. The molecule has 17 heavy (non-hydrogen) atoms. The van der Waals surface area contributed by atoms with Crippen LogP contribution in [0.15, 0.2) is 0 Å². The van der Waals surface area contributed by atoms with Gasteiger partial charge in [0, 0.05) is 20.2 Å². The predicted molar refractivity (Wildman–Crippen MR) is 63.9 cm³/mol. The van der Waals surface area contributed by atoms with E-state index in [1.54, 1.807) is 0 Å². The zero-order valence-electron chi connectivity index (χ0n) is 10.7. The van der Waals surface area contributed by atoms with Gasteiger partial charge in [-0.1, -0.05) is 20.3 Å². The van der Waals surface area contributed by atoms with E-state index >= 15 is 0 Å². The molecule has 0 radical (unpaired) electrons. The Bertz CT molecular complexity index is 246. The number of carbonyl (C=O) groups is 2. The van der Waals surface area contributed by atoms with Crippen LogP contribution in [-0.2, 0) is 9.53 Å². The third-order valence-corrected chi connectivity index (χ3v) is 2.53. The number of nitrogens with one attached hydrogen (secondary N) is 2. The monoisotopic (exact) mass is 246 g/mol. The van der Waals surface area contributed by atoms with Gasteiger partial charge in [-0.2, -0.15) is 0 Å². The van der Waals surface area contributed by atoms with Crippen LogP contribution in [0.5, 0.6) is 0 Å². The fourth-order valence-corrected chi connectivity index (χ4v) is 1.11. The highest BCUT2D eigenvalue weighted by atomic mass is 16.5. The van der Waals surface area contributed by atoms with Crippen LogP contribution in [0, 0.1) is 5.92 Å². The summed E-state index contributed by atoms with van der Waals surface area (Å²) in [4.78, 5) is 21.8. The van der Waals surface area contributed by atoms with Crippen LogP contribution in [0.25, 0.3) is 0 Å². The summed E-state index contributed by atoms with van der Waals surface area (Å²) in [6.07, 6.45) is 0.379. The van der Waals surface area contributed by atoms with Gasteiger partial charge in [0.05, 0.1) is 12.5 Å². The standard InChI is InChI=1S/C11H22N2O4/c1-4-8(2)6-12-11(16)13-7-9(17-3)5-10(14)15/h8-9H,4-7H2,1-3H3,(H,14,15)(H2,12,13,16). The molecule has 0 heterocycles. The van der Waals surface area contributed by atoms with Crippen molar-refractivity contribution >= 4 is 12.0 Å². The van der Waals surface area contributed by atoms with E-state index in [1.807, 2.05) is 6.92 Å². The Labute approximate surface area is 102 Å². The lowest BCUT2D eigenvalue weighted by Crippen LogP contribution is -2.42. The number of ether oxygens (including phenoxy) is 1. The molecule has 100 valence electrons. The van der Waals surface area contributed by atoms with Gasteiger partial charge in [-0.3, -0.25) is 4.79 Å². The van der Waals surface area contributed by atoms with E-state index in [4.69, 9.17) is 9.84 Å². The lowest BCUT2D eigenvalue weighted by atomic mass is 10.1. The number of hydrogen-bond acceptors (Lipinski definition) is 3. The molecule has 2 atom stereocenters. The zero-order valence-corrected chi connectivity index (χ0v) is 10.7. The minimum absolute atomic E-state index is 0.123. The molecular weight excluding hydrogens is 224 g/mol. The Balaban J connectivity index is 3.77. The van der Waals surface area contributed by atoms with Crippen molar-refractivity contribution < 1.29 is 19.4 Å². The molecule has 0 spiro atoms. The van der Waals surface area contributed by atoms with Gasteiger partial charge >= 0.3 is 12.0 Å². The molecule has 0 saturated carbocycles. The average Bonchev–Trinajstić information content (AvgIpc) is 2.30. The molecule has 2 amide bonds. The number of methoxy groups -OCH3 is 1. The highest BCUT2D eigenvalue weighted by molar-refractivity contribution is 5.74. The van der Waals surface area contributed by atoms with Crippen molar-refractivity contribution in [1.82, 2.24) is 10.6 Å². The normalized spacial score (nSPS) is 13.8. The summed E-state index contributed by atoms with van der Waals surface area (Å²) in [7, 11) is 1.42. The molecule has 2 unspecified atom stereocenters. The number of urea groups is 1. The first kappa shape index (κ1) is 15.7. The molecule has 0 rings (SSSR count). The van der Waals surface area contributed by atoms with E-state index in [9.17, 15) is 9.59 Å². The molecule has 0 bridgehead atoms. The Morgan fingerprint density at radius 2 is 1.88 bits per heavy atom. The number of rotatable bonds is 8. The lowest BCUT2D eigenvalue weighted by molar-refractivity contribution is -0.139. The fraction of sp³-hybridized carbons (Fsp3) is 0.818. The second kappa shape index (κ2) is 8.81. The van der Waals surface area contributed by atoms with E-state index in [0.29, 0.717) is 12.5 Å². The van der Waals surface area contributed by atoms with Gasteiger partial charge in [-0.25, -0.2) is 4.79 Å². The first-order valence-electron chi connectivity index (χ1n) is 5.75. The second-order valence-corrected chi connectivity index (χ2v) is 4.06. The zero-order chi connectivity index (χ0) is 13.3. The Morgan fingerprint density at radius 3 is 2.35 bits per heavy atom. The van der Waals surface area contributed by atoms with Gasteiger partial charge in [0.2, 0.25) is 0 Å². The summed E-state index contributed by atoms with van der Waals surface area (Å²) in [6.45, 7) is 4.90. The molecule has 0 aromatic heterocycles. The number of carboxylic acids is 1. The molecule has 6 nitrogen and oxygen atoms in total. The second-order valence-electron chi connectivity index (χ2n) is 4.06. The number of aliphatic carboxylic acids is 1. The van der Waals surface area contributed by atoms with Crippen LogP contribution in [0.3, 0.4) is 0 Å². The van der Waals surface area contributed by atoms with Crippen LogP contribution in [0.2, 0.25) is 0 Å². The van der Waals surface area contributed by atoms with E-state index in [0.717, 1.165) is 6.42 Å². The minimum atomic E-state index is -0.946. The van der Waals surface area contributed by atoms with E-state index in [1.165, 1.54) is 7.11 Å².